The van der Waals surface area contributed by atoms with E-state index in [4.69, 9.17) is 0 Å². The molecule has 0 bridgehead atoms. The van der Waals surface area contributed by atoms with E-state index in [1.807, 2.05) is 60.7 Å². The number of benzene rings is 2. The summed E-state index contributed by atoms with van der Waals surface area (Å²) in [5.74, 6) is 0.0791. The maximum atomic E-state index is 12.8. The first-order valence-electron chi connectivity index (χ1n) is 6.64. The third-order valence-electron chi connectivity index (χ3n) is 3.32. The SMILES string of the molecule is CC(C)(C)C(C(=O)c1ccccc1)c1ccccc1. The maximum absolute atomic E-state index is 12.8. The molecule has 0 aliphatic carbocycles. The average Bonchev–Trinajstić information content (AvgIpc) is 2.39. The lowest BCUT2D eigenvalue weighted by Crippen LogP contribution is -2.26. The molecule has 0 N–H and O–H groups in total. The van der Waals surface area contributed by atoms with Crippen LogP contribution in [0.5, 0.6) is 0 Å². The van der Waals surface area contributed by atoms with E-state index in [0.717, 1.165) is 11.1 Å². The van der Waals surface area contributed by atoms with E-state index < -0.39 is 0 Å². The predicted molar refractivity (Wildman–Crippen MR) is 79.4 cm³/mol. The van der Waals surface area contributed by atoms with E-state index in [9.17, 15) is 4.79 Å². The minimum atomic E-state index is -0.115. The predicted octanol–water partition coefficient (Wildman–Crippen LogP) is 4.70. The first-order valence-corrected chi connectivity index (χ1v) is 6.64. The van der Waals surface area contributed by atoms with Crippen molar-refractivity contribution in [1.29, 1.82) is 0 Å². The molecule has 0 aromatic heterocycles. The minimum Gasteiger partial charge on any atom is -0.293 e. The van der Waals surface area contributed by atoms with Crippen molar-refractivity contribution in [3.05, 3.63) is 71.8 Å². The number of rotatable bonds is 3. The van der Waals surface area contributed by atoms with Gasteiger partial charge in [-0.3, -0.25) is 4.79 Å². The molecule has 1 unspecified atom stereocenters. The topological polar surface area (TPSA) is 17.1 Å². The Bertz CT molecular complexity index is 535. The van der Waals surface area contributed by atoms with E-state index in [-0.39, 0.29) is 17.1 Å². The summed E-state index contributed by atoms with van der Waals surface area (Å²) in [6, 6.07) is 19.6. The molecule has 0 radical (unpaired) electrons. The second kappa shape index (κ2) is 5.40. The molecule has 0 saturated heterocycles. The van der Waals surface area contributed by atoms with Gasteiger partial charge in [0.25, 0.3) is 0 Å². The van der Waals surface area contributed by atoms with Crippen molar-refractivity contribution in [2.24, 2.45) is 5.41 Å². The molecule has 0 heterocycles. The molecule has 0 aliphatic heterocycles. The van der Waals surface area contributed by atoms with Crippen molar-refractivity contribution in [1.82, 2.24) is 0 Å². The smallest absolute Gasteiger partial charge is 0.170 e. The van der Waals surface area contributed by atoms with Crippen LogP contribution in [0.2, 0.25) is 0 Å². The monoisotopic (exact) mass is 252 g/mol. The van der Waals surface area contributed by atoms with Crippen LogP contribution in [-0.2, 0) is 0 Å². The molecule has 0 spiro atoms. The summed E-state index contributed by atoms with van der Waals surface area (Å²) in [4.78, 5) is 12.8. The molecule has 0 saturated carbocycles. The van der Waals surface area contributed by atoms with Crippen molar-refractivity contribution in [2.75, 3.05) is 0 Å². The van der Waals surface area contributed by atoms with Crippen molar-refractivity contribution in [3.8, 4) is 0 Å². The van der Waals surface area contributed by atoms with Gasteiger partial charge in [-0.05, 0) is 11.0 Å². The number of carbonyl (C=O) groups is 1. The Morgan fingerprint density at radius 1 is 0.842 bits per heavy atom. The number of hydrogen-bond acceptors (Lipinski definition) is 1. The van der Waals surface area contributed by atoms with Gasteiger partial charge >= 0.3 is 0 Å². The van der Waals surface area contributed by atoms with Gasteiger partial charge in [-0.1, -0.05) is 81.4 Å². The fraction of sp³-hybridized carbons (Fsp3) is 0.278. The normalized spacial score (nSPS) is 13.0. The van der Waals surface area contributed by atoms with Gasteiger partial charge < -0.3 is 0 Å². The van der Waals surface area contributed by atoms with Gasteiger partial charge in [-0.25, -0.2) is 0 Å². The van der Waals surface area contributed by atoms with Gasteiger partial charge in [0.1, 0.15) is 0 Å². The van der Waals surface area contributed by atoms with Crippen LogP contribution >= 0.6 is 0 Å². The summed E-state index contributed by atoms with van der Waals surface area (Å²) in [5.41, 5.74) is 1.77. The van der Waals surface area contributed by atoms with Crippen molar-refractivity contribution in [2.45, 2.75) is 26.7 Å². The Kier molecular flexibility index (Phi) is 3.84. The summed E-state index contributed by atoms with van der Waals surface area (Å²) in [6.07, 6.45) is 0. The fourth-order valence-corrected chi connectivity index (χ4v) is 2.46. The number of ketones is 1. The molecular formula is C18H20O. The summed E-state index contributed by atoms with van der Waals surface area (Å²) < 4.78 is 0. The molecule has 0 aliphatic rings. The van der Waals surface area contributed by atoms with E-state index >= 15 is 0 Å². The van der Waals surface area contributed by atoms with Crippen LogP contribution in [0, 0.1) is 5.41 Å². The Balaban J connectivity index is 2.43. The Labute approximate surface area is 115 Å². The van der Waals surface area contributed by atoms with Crippen LogP contribution in [0.3, 0.4) is 0 Å². The molecule has 0 amide bonds. The highest BCUT2D eigenvalue weighted by molar-refractivity contribution is 6.01. The van der Waals surface area contributed by atoms with Crippen LogP contribution in [-0.4, -0.2) is 5.78 Å². The van der Waals surface area contributed by atoms with Gasteiger partial charge in [0.2, 0.25) is 0 Å². The zero-order valence-electron chi connectivity index (χ0n) is 11.8. The molecule has 1 atom stereocenters. The lowest BCUT2D eigenvalue weighted by atomic mass is 9.72. The molecule has 1 heteroatoms. The van der Waals surface area contributed by atoms with Crippen molar-refractivity contribution < 1.29 is 4.79 Å². The molecular weight excluding hydrogens is 232 g/mol. The minimum absolute atomic E-state index is 0.103. The van der Waals surface area contributed by atoms with Crippen molar-refractivity contribution >= 4 is 5.78 Å². The van der Waals surface area contributed by atoms with Gasteiger partial charge in [-0.15, -0.1) is 0 Å². The molecule has 2 aromatic carbocycles. The standard InChI is InChI=1S/C18H20O/c1-18(2,3)16(14-10-6-4-7-11-14)17(19)15-12-8-5-9-13-15/h4-13,16H,1-3H3. The fourth-order valence-electron chi connectivity index (χ4n) is 2.46. The lowest BCUT2D eigenvalue weighted by molar-refractivity contribution is 0.0897. The number of Topliss-reactive ketones (excluding diaryl/α,β-unsaturated/α-hetero) is 1. The number of carbonyl (C=O) groups excluding carboxylic acids is 1. The van der Waals surface area contributed by atoms with Crippen LogP contribution in [0.4, 0.5) is 0 Å². The molecule has 0 fully saturated rings. The summed E-state index contributed by atoms with van der Waals surface area (Å²) in [6.45, 7) is 6.35. The second-order valence-corrected chi connectivity index (χ2v) is 5.94. The van der Waals surface area contributed by atoms with E-state index in [1.165, 1.54) is 0 Å². The first-order chi connectivity index (χ1) is 9.00. The molecule has 19 heavy (non-hydrogen) atoms. The molecule has 2 aromatic rings. The van der Waals surface area contributed by atoms with Crippen molar-refractivity contribution in [3.63, 3.8) is 0 Å². The van der Waals surface area contributed by atoms with Crippen LogP contribution in [0.15, 0.2) is 60.7 Å². The maximum Gasteiger partial charge on any atom is 0.170 e. The Morgan fingerprint density at radius 2 is 1.32 bits per heavy atom. The van der Waals surface area contributed by atoms with Gasteiger partial charge in [0, 0.05) is 5.56 Å². The number of hydrogen-bond donors (Lipinski definition) is 0. The highest BCUT2D eigenvalue weighted by atomic mass is 16.1. The Morgan fingerprint density at radius 3 is 1.79 bits per heavy atom. The third kappa shape index (κ3) is 3.11. The summed E-state index contributed by atoms with van der Waals surface area (Å²) in [5, 5.41) is 0. The van der Waals surface area contributed by atoms with Crippen LogP contribution < -0.4 is 0 Å². The lowest BCUT2D eigenvalue weighted by Gasteiger charge is -2.30. The van der Waals surface area contributed by atoms with Crippen LogP contribution in [0.25, 0.3) is 0 Å². The highest BCUT2D eigenvalue weighted by Gasteiger charge is 2.32. The second-order valence-electron chi connectivity index (χ2n) is 5.94. The van der Waals surface area contributed by atoms with Gasteiger partial charge in [0.15, 0.2) is 5.78 Å². The van der Waals surface area contributed by atoms with E-state index in [1.54, 1.807) is 0 Å². The van der Waals surface area contributed by atoms with E-state index in [2.05, 4.69) is 20.8 Å². The molecule has 1 nitrogen and oxygen atoms in total. The molecule has 2 rings (SSSR count). The zero-order chi connectivity index (χ0) is 13.9. The van der Waals surface area contributed by atoms with Gasteiger partial charge in [0.05, 0.1) is 5.92 Å². The third-order valence-corrected chi connectivity index (χ3v) is 3.32. The summed E-state index contributed by atoms with van der Waals surface area (Å²) >= 11 is 0. The largest absolute Gasteiger partial charge is 0.293 e. The van der Waals surface area contributed by atoms with E-state index in [0.29, 0.717) is 0 Å². The first kappa shape index (κ1) is 13.5. The van der Waals surface area contributed by atoms with Crippen LogP contribution in [0.1, 0.15) is 42.6 Å². The average molecular weight is 252 g/mol. The quantitative estimate of drug-likeness (QED) is 0.724. The highest BCUT2D eigenvalue weighted by Crippen LogP contribution is 2.37. The Hall–Kier alpha value is -1.89. The van der Waals surface area contributed by atoms with Gasteiger partial charge in [-0.2, -0.15) is 0 Å². The molecule has 98 valence electrons. The zero-order valence-corrected chi connectivity index (χ0v) is 11.8. The summed E-state index contributed by atoms with van der Waals surface area (Å²) in [7, 11) is 0.